The monoisotopic (exact) mass is 338 g/mol. The highest BCUT2D eigenvalue weighted by molar-refractivity contribution is 5.84. The largest absolute Gasteiger partial charge is 0.507 e. The van der Waals surface area contributed by atoms with Crippen LogP contribution in [-0.2, 0) is 6.18 Å². The molecule has 0 saturated heterocycles. The predicted octanol–water partition coefficient (Wildman–Crippen LogP) is 2.23. The van der Waals surface area contributed by atoms with Gasteiger partial charge in [0.1, 0.15) is 40.6 Å². The minimum absolute atomic E-state index is 0.294. The predicted molar refractivity (Wildman–Crippen MR) is 73.0 cm³/mol. The van der Waals surface area contributed by atoms with E-state index in [1.165, 1.54) is 12.1 Å². The van der Waals surface area contributed by atoms with Crippen molar-refractivity contribution in [2.75, 3.05) is 5.73 Å². The first-order valence-electron chi connectivity index (χ1n) is 6.08. The van der Waals surface area contributed by atoms with E-state index in [2.05, 4.69) is 0 Å². The van der Waals surface area contributed by atoms with Crippen LogP contribution in [0.5, 0.6) is 5.75 Å². The van der Waals surface area contributed by atoms with E-state index in [4.69, 9.17) is 16.3 Å². The van der Waals surface area contributed by atoms with Crippen LogP contribution in [0.15, 0.2) is 16.9 Å². The highest BCUT2D eigenvalue weighted by atomic mass is 19.4. The van der Waals surface area contributed by atoms with Crippen molar-refractivity contribution in [1.29, 1.82) is 10.5 Å². The molecule has 0 bridgehead atoms. The summed E-state index contributed by atoms with van der Waals surface area (Å²) in [7, 11) is 0. The number of phenols is 1. The summed E-state index contributed by atoms with van der Waals surface area (Å²) in [6.45, 7) is 0. The molecule has 1 aromatic heterocycles. The van der Waals surface area contributed by atoms with Gasteiger partial charge >= 0.3 is 6.18 Å². The first-order valence-corrected chi connectivity index (χ1v) is 6.08. The number of benzene rings is 1. The number of aromatic hydroxyl groups is 1. The number of hydrogen-bond donors (Lipinski definition) is 3. The lowest BCUT2D eigenvalue weighted by atomic mass is 9.93. The van der Waals surface area contributed by atoms with Crippen LogP contribution in [-0.4, -0.2) is 10.1 Å². The Bertz CT molecular complexity index is 981. The lowest BCUT2D eigenvalue weighted by molar-refractivity contribution is -0.138. The fourth-order valence-electron chi connectivity index (χ4n) is 2.13. The summed E-state index contributed by atoms with van der Waals surface area (Å²) in [5.41, 5.74) is -0.723. The van der Waals surface area contributed by atoms with Crippen molar-refractivity contribution >= 4 is 5.82 Å². The molecule has 0 aliphatic rings. The fourth-order valence-corrected chi connectivity index (χ4v) is 2.13. The molecule has 0 spiro atoms. The number of nitriles is 2. The Hall–Kier alpha value is -3.53. The number of pyridine rings is 1. The number of halogens is 4. The summed E-state index contributed by atoms with van der Waals surface area (Å²) in [6.07, 6.45) is -5.03. The number of aromatic amines is 1. The lowest BCUT2D eigenvalue weighted by Gasteiger charge is -2.15. The Labute approximate surface area is 131 Å². The molecule has 10 heteroatoms. The van der Waals surface area contributed by atoms with Gasteiger partial charge < -0.3 is 15.8 Å². The maximum absolute atomic E-state index is 14.1. The maximum atomic E-state index is 14.1. The van der Waals surface area contributed by atoms with Crippen molar-refractivity contribution in [2.24, 2.45) is 0 Å². The third-order valence-electron chi connectivity index (χ3n) is 3.15. The summed E-state index contributed by atoms with van der Waals surface area (Å²) < 4.78 is 52.8. The Morgan fingerprint density at radius 2 is 1.71 bits per heavy atom. The third kappa shape index (κ3) is 2.50. The topological polar surface area (TPSA) is 127 Å². The third-order valence-corrected chi connectivity index (χ3v) is 3.15. The van der Waals surface area contributed by atoms with Gasteiger partial charge in [-0.1, -0.05) is 0 Å². The van der Waals surface area contributed by atoms with Crippen molar-refractivity contribution in [1.82, 2.24) is 4.98 Å². The summed E-state index contributed by atoms with van der Waals surface area (Å²) in [5.74, 6) is -3.49. The number of aromatic nitrogens is 1. The quantitative estimate of drug-likeness (QED) is 0.687. The molecule has 122 valence electrons. The molecule has 1 aromatic carbocycles. The second kappa shape index (κ2) is 5.59. The van der Waals surface area contributed by atoms with Crippen molar-refractivity contribution < 1.29 is 22.7 Å². The van der Waals surface area contributed by atoms with Gasteiger partial charge in [-0.05, 0) is 12.1 Å². The van der Waals surface area contributed by atoms with Crippen molar-refractivity contribution in [3.63, 3.8) is 0 Å². The van der Waals surface area contributed by atoms with Crippen LogP contribution < -0.4 is 11.3 Å². The van der Waals surface area contributed by atoms with Gasteiger partial charge in [-0.15, -0.1) is 0 Å². The highest BCUT2D eigenvalue weighted by Crippen LogP contribution is 2.44. The van der Waals surface area contributed by atoms with Crippen molar-refractivity contribution in [3.05, 3.63) is 45.0 Å². The number of nitrogen functional groups attached to an aromatic ring is 1. The van der Waals surface area contributed by atoms with Crippen molar-refractivity contribution in [2.45, 2.75) is 6.18 Å². The summed E-state index contributed by atoms with van der Waals surface area (Å²) in [5, 5.41) is 28.0. The zero-order valence-electron chi connectivity index (χ0n) is 11.5. The normalized spacial score (nSPS) is 10.9. The SMILES string of the molecule is N#Cc1c(N)[nH]c(=O)c(C#N)c1-c1c(F)ccc(C(F)(F)F)c1O. The van der Waals surface area contributed by atoms with Gasteiger partial charge in [0.25, 0.3) is 5.56 Å². The van der Waals surface area contributed by atoms with Crippen LogP contribution in [0, 0.1) is 28.5 Å². The average Bonchev–Trinajstić information content (AvgIpc) is 2.46. The van der Waals surface area contributed by atoms with E-state index in [9.17, 15) is 27.5 Å². The molecule has 6 nitrogen and oxygen atoms in total. The number of nitrogens with zero attached hydrogens (tertiary/aromatic N) is 2. The zero-order valence-corrected chi connectivity index (χ0v) is 11.5. The van der Waals surface area contributed by atoms with Crippen LogP contribution in [0.3, 0.4) is 0 Å². The van der Waals surface area contributed by atoms with Gasteiger partial charge in [-0.25, -0.2) is 4.39 Å². The molecule has 1 heterocycles. The highest BCUT2D eigenvalue weighted by Gasteiger charge is 2.37. The smallest absolute Gasteiger partial charge is 0.419 e. The minimum Gasteiger partial charge on any atom is -0.507 e. The molecule has 0 amide bonds. The van der Waals surface area contributed by atoms with Gasteiger partial charge in [0, 0.05) is 5.56 Å². The van der Waals surface area contributed by atoms with Gasteiger partial charge in [0.2, 0.25) is 0 Å². The van der Waals surface area contributed by atoms with E-state index in [1.54, 1.807) is 0 Å². The second-order valence-corrected chi connectivity index (χ2v) is 4.53. The van der Waals surface area contributed by atoms with Gasteiger partial charge in [0.15, 0.2) is 0 Å². The van der Waals surface area contributed by atoms with E-state index >= 15 is 0 Å². The zero-order chi connectivity index (χ0) is 18.2. The molecule has 0 atom stereocenters. The van der Waals surface area contributed by atoms with E-state index in [-0.39, 0.29) is 0 Å². The first-order chi connectivity index (χ1) is 11.1. The van der Waals surface area contributed by atoms with Crippen LogP contribution in [0.4, 0.5) is 23.4 Å². The number of H-pyrrole nitrogens is 1. The molecule has 0 fully saturated rings. The molecule has 0 radical (unpaired) electrons. The maximum Gasteiger partial charge on any atom is 0.419 e. The minimum atomic E-state index is -5.03. The van der Waals surface area contributed by atoms with E-state index in [0.29, 0.717) is 12.1 Å². The van der Waals surface area contributed by atoms with Crippen LogP contribution in [0.25, 0.3) is 11.1 Å². The molecule has 2 aromatic rings. The Balaban J connectivity index is 3.07. The van der Waals surface area contributed by atoms with Crippen LogP contribution >= 0.6 is 0 Å². The van der Waals surface area contributed by atoms with E-state index in [1.807, 2.05) is 4.98 Å². The molecular formula is C14H6F4N4O2. The molecule has 4 N–H and O–H groups in total. The molecule has 24 heavy (non-hydrogen) atoms. The number of nitrogens with one attached hydrogen (secondary N) is 1. The Morgan fingerprint density at radius 3 is 2.21 bits per heavy atom. The van der Waals surface area contributed by atoms with Crippen molar-refractivity contribution in [3.8, 4) is 29.0 Å². The number of nitrogens with two attached hydrogens (primary N) is 1. The van der Waals surface area contributed by atoms with Gasteiger partial charge in [-0.2, -0.15) is 23.7 Å². The summed E-state index contributed by atoms with van der Waals surface area (Å²) >= 11 is 0. The van der Waals surface area contributed by atoms with Gasteiger partial charge in [0.05, 0.1) is 11.1 Å². The lowest BCUT2D eigenvalue weighted by Crippen LogP contribution is -2.17. The number of rotatable bonds is 1. The molecule has 0 aliphatic carbocycles. The number of alkyl halides is 3. The average molecular weight is 338 g/mol. The standard InChI is InChI=1S/C14H6F4N4O2/c15-8-2-1-7(14(16,17)18)11(23)10(8)9-5(3-19)12(21)22-13(24)6(9)4-20/h1-2,23H,(H3,21,22,24). The Kier molecular flexibility index (Phi) is 3.92. The number of anilines is 1. The molecular weight excluding hydrogens is 332 g/mol. The van der Waals surface area contributed by atoms with Gasteiger partial charge in [-0.3, -0.25) is 4.79 Å². The molecule has 0 saturated carbocycles. The van der Waals surface area contributed by atoms with E-state index < -0.39 is 56.9 Å². The molecule has 0 aliphatic heterocycles. The first kappa shape index (κ1) is 16.8. The van der Waals surface area contributed by atoms with Crippen LogP contribution in [0.1, 0.15) is 16.7 Å². The molecule has 0 unspecified atom stereocenters. The van der Waals surface area contributed by atoms with Crippen LogP contribution in [0.2, 0.25) is 0 Å². The number of hydrogen-bond acceptors (Lipinski definition) is 5. The second-order valence-electron chi connectivity index (χ2n) is 4.53. The van der Waals surface area contributed by atoms with E-state index in [0.717, 1.165) is 0 Å². The fraction of sp³-hybridized carbons (Fsp3) is 0.0714. The molecule has 2 rings (SSSR count). The Morgan fingerprint density at radius 1 is 1.12 bits per heavy atom. The summed E-state index contributed by atoms with van der Waals surface area (Å²) in [4.78, 5) is 13.7. The number of phenolic OH excluding ortho intramolecular Hbond substituents is 1. The summed E-state index contributed by atoms with van der Waals surface area (Å²) in [6, 6.07) is 3.53.